The van der Waals surface area contributed by atoms with E-state index in [1.54, 1.807) is 4.90 Å². The van der Waals surface area contributed by atoms with Crippen LogP contribution in [0, 0.1) is 17.2 Å². The van der Waals surface area contributed by atoms with Crippen LogP contribution in [0.4, 0.5) is 0 Å². The molecule has 1 aliphatic heterocycles. The van der Waals surface area contributed by atoms with Gasteiger partial charge in [0.05, 0.1) is 12.0 Å². The molecule has 1 amide bonds. The number of nitrogens with zero attached hydrogens (tertiary/aromatic N) is 2. The highest BCUT2D eigenvalue weighted by molar-refractivity contribution is 5.79. The Labute approximate surface area is 66.6 Å². The molecule has 1 fully saturated rings. The lowest BCUT2D eigenvalue weighted by molar-refractivity contribution is -0.129. The number of carbonyl (C=O) groups is 1. The molecule has 0 aliphatic carbocycles. The molecule has 60 valence electrons. The third kappa shape index (κ3) is 1.51. The maximum Gasteiger partial charge on any atom is 0.224 e. The molecule has 0 aromatic rings. The number of hydrogen-bond donors (Lipinski definition) is 0. The van der Waals surface area contributed by atoms with Gasteiger partial charge in [0.2, 0.25) is 5.91 Å². The van der Waals surface area contributed by atoms with Gasteiger partial charge in [-0.05, 0) is 13.8 Å². The monoisotopic (exact) mass is 152 g/mol. The lowest BCUT2D eigenvalue weighted by Crippen LogP contribution is -2.31. The van der Waals surface area contributed by atoms with Gasteiger partial charge in [-0.15, -0.1) is 0 Å². The Bertz CT molecular complexity index is 205. The molecule has 1 aliphatic rings. The van der Waals surface area contributed by atoms with Crippen LogP contribution in [0.15, 0.2) is 0 Å². The highest BCUT2D eigenvalue weighted by Gasteiger charge is 2.30. The van der Waals surface area contributed by atoms with Gasteiger partial charge < -0.3 is 4.90 Å². The highest BCUT2D eigenvalue weighted by Crippen LogP contribution is 2.18. The normalized spacial score (nSPS) is 24.4. The lowest BCUT2D eigenvalue weighted by atomic mass is 10.1. The molecule has 11 heavy (non-hydrogen) atoms. The first-order chi connectivity index (χ1) is 5.15. The van der Waals surface area contributed by atoms with Gasteiger partial charge in [0.1, 0.15) is 0 Å². The van der Waals surface area contributed by atoms with Gasteiger partial charge >= 0.3 is 0 Å². The molecular weight excluding hydrogens is 140 g/mol. The highest BCUT2D eigenvalue weighted by atomic mass is 16.2. The van der Waals surface area contributed by atoms with Gasteiger partial charge in [0.25, 0.3) is 0 Å². The number of carbonyl (C=O) groups excluding carboxylic acids is 1. The Morgan fingerprint density at radius 1 is 1.73 bits per heavy atom. The summed E-state index contributed by atoms with van der Waals surface area (Å²) in [4.78, 5) is 12.9. The van der Waals surface area contributed by atoms with Crippen LogP contribution in [-0.2, 0) is 4.79 Å². The Morgan fingerprint density at radius 2 is 2.36 bits per heavy atom. The van der Waals surface area contributed by atoms with Crippen LogP contribution >= 0.6 is 0 Å². The zero-order valence-corrected chi connectivity index (χ0v) is 6.87. The second-order valence-corrected chi connectivity index (χ2v) is 3.17. The molecular formula is C8H12N2O. The number of rotatable bonds is 1. The topological polar surface area (TPSA) is 44.1 Å². The van der Waals surface area contributed by atoms with Crippen molar-refractivity contribution in [2.24, 2.45) is 5.92 Å². The number of nitriles is 1. The van der Waals surface area contributed by atoms with Crippen molar-refractivity contribution in [2.75, 3.05) is 6.54 Å². The Hall–Kier alpha value is -1.04. The molecule has 1 heterocycles. The summed E-state index contributed by atoms with van der Waals surface area (Å²) < 4.78 is 0. The molecule has 0 saturated carbocycles. The first-order valence-electron chi connectivity index (χ1n) is 3.84. The molecule has 3 heteroatoms. The van der Waals surface area contributed by atoms with E-state index in [4.69, 9.17) is 5.26 Å². The van der Waals surface area contributed by atoms with Crippen LogP contribution in [0.5, 0.6) is 0 Å². The standard InChI is InChI=1S/C8H12N2O/c1-6(2)10-5-7(4-9)3-8(10)11/h6-7H,3,5H2,1-2H3. The third-order valence-electron chi connectivity index (χ3n) is 1.96. The first kappa shape index (κ1) is 8.06. The largest absolute Gasteiger partial charge is 0.339 e. The summed E-state index contributed by atoms with van der Waals surface area (Å²) in [7, 11) is 0. The molecule has 0 N–H and O–H groups in total. The molecule has 0 aromatic heterocycles. The maximum absolute atomic E-state index is 11.2. The summed E-state index contributed by atoms with van der Waals surface area (Å²) in [6, 6.07) is 2.35. The van der Waals surface area contributed by atoms with Gasteiger partial charge in [0, 0.05) is 19.0 Å². The number of hydrogen-bond acceptors (Lipinski definition) is 2. The van der Waals surface area contributed by atoms with Crippen molar-refractivity contribution in [3.8, 4) is 6.07 Å². The fourth-order valence-electron chi connectivity index (χ4n) is 1.32. The van der Waals surface area contributed by atoms with Crippen molar-refractivity contribution in [1.82, 2.24) is 4.90 Å². The zero-order valence-electron chi connectivity index (χ0n) is 6.87. The Morgan fingerprint density at radius 3 is 2.64 bits per heavy atom. The maximum atomic E-state index is 11.2. The van der Waals surface area contributed by atoms with Crippen LogP contribution in [0.3, 0.4) is 0 Å². The quantitative estimate of drug-likeness (QED) is 0.557. The van der Waals surface area contributed by atoms with Crippen LogP contribution in [0.1, 0.15) is 20.3 Å². The molecule has 1 unspecified atom stereocenters. The molecule has 1 rings (SSSR count). The van der Waals surface area contributed by atoms with Gasteiger partial charge in [-0.1, -0.05) is 0 Å². The average molecular weight is 152 g/mol. The van der Waals surface area contributed by atoms with Crippen molar-refractivity contribution < 1.29 is 4.79 Å². The molecule has 1 atom stereocenters. The Kier molecular flexibility index (Phi) is 2.13. The minimum absolute atomic E-state index is 0.0788. The van der Waals surface area contributed by atoms with Crippen molar-refractivity contribution >= 4 is 5.91 Å². The van der Waals surface area contributed by atoms with Crippen LogP contribution in [0.25, 0.3) is 0 Å². The van der Waals surface area contributed by atoms with E-state index >= 15 is 0 Å². The summed E-state index contributed by atoms with van der Waals surface area (Å²) in [5.41, 5.74) is 0. The van der Waals surface area contributed by atoms with Crippen LogP contribution in [-0.4, -0.2) is 23.4 Å². The molecule has 0 radical (unpaired) electrons. The smallest absolute Gasteiger partial charge is 0.224 e. The molecule has 0 bridgehead atoms. The van der Waals surface area contributed by atoms with Crippen molar-refractivity contribution in [3.05, 3.63) is 0 Å². The van der Waals surface area contributed by atoms with Crippen molar-refractivity contribution in [3.63, 3.8) is 0 Å². The van der Waals surface area contributed by atoms with Gasteiger partial charge in [-0.25, -0.2) is 0 Å². The molecule has 0 aromatic carbocycles. The first-order valence-corrected chi connectivity index (χ1v) is 3.84. The van der Waals surface area contributed by atoms with E-state index in [1.807, 2.05) is 13.8 Å². The summed E-state index contributed by atoms with van der Waals surface area (Å²) in [6.07, 6.45) is 0.411. The van der Waals surface area contributed by atoms with E-state index in [-0.39, 0.29) is 17.9 Å². The fraction of sp³-hybridized carbons (Fsp3) is 0.750. The van der Waals surface area contributed by atoms with Crippen LogP contribution < -0.4 is 0 Å². The van der Waals surface area contributed by atoms with E-state index in [0.29, 0.717) is 13.0 Å². The van der Waals surface area contributed by atoms with E-state index in [9.17, 15) is 4.79 Å². The summed E-state index contributed by atoms with van der Waals surface area (Å²) in [6.45, 7) is 4.56. The van der Waals surface area contributed by atoms with E-state index in [2.05, 4.69) is 6.07 Å². The number of likely N-dealkylation sites (tertiary alicyclic amines) is 1. The second kappa shape index (κ2) is 2.91. The SMILES string of the molecule is CC(C)N1CC(C#N)CC1=O. The summed E-state index contributed by atoms with van der Waals surface area (Å²) >= 11 is 0. The lowest BCUT2D eigenvalue weighted by Gasteiger charge is -2.19. The number of amides is 1. The predicted molar refractivity (Wildman–Crippen MR) is 40.6 cm³/mol. The van der Waals surface area contributed by atoms with Crippen molar-refractivity contribution in [1.29, 1.82) is 5.26 Å². The molecule has 0 spiro atoms. The summed E-state index contributed by atoms with van der Waals surface area (Å²) in [5.74, 6) is 0.0384. The predicted octanol–water partition coefficient (Wildman–Crippen LogP) is 0.767. The fourth-order valence-corrected chi connectivity index (χ4v) is 1.32. The van der Waals surface area contributed by atoms with Crippen molar-refractivity contribution in [2.45, 2.75) is 26.3 Å². The van der Waals surface area contributed by atoms with Gasteiger partial charge in [-0.3, -0.25) is 4.79 Å². The zero-order chi connectivity index (χ0) is 8.43. The van der Waals surface area contributed by atoms with Gasteiger partial charge in [0.15, 0.2) is 0 Å². The minimum atomic E-state index is -0.0788. The van der Waals surface area contributed by atoms with E-state index in [0.717, 1.165) is 0 Å². The molecule has 1 saturated heterocycles. The minimum Gasteiger partial charge on any atom is -0.339 e. The van der Waals surface area contributed by atoms with E-state index < -0.39 is 0 Å². The van der Waals surface area contributed by atoms with E-state index in [1.165, 1.54) is 0 Å². The summed E-state index contributed by atoms with van der Waals surface area (Å²) in [5, 5.41) is 8.55. The Balaban J connectivity index is 2.60. The third-order valence-corrected chi connectivity index (χ3v) is 1.96. The second-order valence-electron chi connectivity index (χ2n) is 3.17. The van der Waals surface area contributed by atoms with Crippen LogP contribution in [0.2, 0.25) is 0 Å². The average Bonchev–Trinajstić information content (AvgIpc) is 2.30. The van der Waals surface area contributed by atoms with Gasteiger partial charge in [-0.2, -0.15) is 5.26 Å². The molecule has 3 nitrogen and oxygen atoms in total.